The van der Waals surface area contributed by atoms with Crippen LogP contribution in [0.4, 0.5) is 10.8 Å². The predicted octanol–water partition coefficient (Wildman–Crippen LogP) is 2.84. The van der Waals surface area contributed by atoms with E-state index in [1.165, 1.54) is 11.3 Å². The van der Waals surface area contributed by atoms with Gasteiger partial charge >= 0.3 is 0 Å². The molecule has 7 heteroatoms. The second-order valence-corrected chi connectivity index (χ2v) is 6.83. The van der Waals surface area contributed by atoms with Crippen molar-refractivity contribution in [2.45, 2.75) is 20.3 Å². The summed E-state index contributed by atoms with van der Waals surface area (Å²) in [5.41, 5.74) is 0.781. The van der Waals surface area contributed by atoms with E-state index < -0.39 is 0 Å². The molecule has 1 N–H and O–H groups in total. The summed E-state index contributed by atoms with van der Waals surface area (Å²) >= 11 is 1.42. The lowest BCUT2D eigenvalue weighted by Gasteiger charge is -2.17. The van der Waals surface area contributed by atoms with Crippen LogP contribution in [0.1, 0.15) is 18.2 Å². The molecule has 0 saturated carbocycles. The number of nitrogens with zero attached hydrogens (tertiary/aromatic N) is 2. The lowest BCUT2D eigenvalue weighted by Crippen LogP contribution is -2.28. The number of carbonyl (C=O) groups is 2. The molecule has 24 heavy (non-hydrogen) atoms. The van der Waals surface area contributed by atoms with E-state index in [0.717, 1.165) is 16.3 Å². The van der Waals surface area contributed by atoms with E-state index in [1.54, 1.807) is 11.1 Å². The van der Waals surface area contributed by atoms with Crippen molar-refractivity contribution in [3.05, 3.63) is 35.3 Å². The molecule has 1 atom stereocenters. The number of nitrogens with one attached hydrogen (secondary N) is 1. The molecule has 3 rings (SSSR count). The van der Waals surface area contributed by atoms with Gasteiger partial charge < -0.3 is 15.0 Å². The largest absolute Gasteiger partial charge is 0.494 e. The predicted molar refractivity (Wildman–Crippen MR) is 93.6 cm³/mol. The van der Waals surface area contributed by atoms with Gasteiger partial charge in [0.2, 0.25) is 11.8 Å². The molecule has 1 aliphatic rings. The maximum absolute atomic E-state index is 12.3. The maximum atomic E-state index is 12.3. The smallest absolute Gasteiger partial charge is 0.231 e. The maximum Gasteiger partial charge on any atom is 0.231 e. The number of hydrogen-bond acceptors (Lipinski definition) is 5. The van der Waals surface area contributed by atoms with Gasteiger partial charge in [-0.25, -0.2) is 4.98 Å². The van der Waals surface area contributed by atoms with E-state index in [2.05, 4.69) is 10.3 Å². The summed E-state index contributed by atoms with van der Waals surface area (Å²) in [6, 6.07) is 7.34. The highest BCUT2D eigenvalue weighted by molar-refractivity contribution is 7.15. The molecule has 2 heterocycles. The molecule has 1 aromatic carbocycles. The van der Waals surface area contributed by atoms with Crippen LogP contribution in [0.5, 0.6) is 5.75 Å². The molecular formula is C17H19N3O3S. The zero-order valence-corrected chi connectivity index (χ0v) is 14.4. The number of amides is 2. The SMILES string of the molecule is CCOc1ccc(N2C[C@H](C(=O)Nc3ncc(C)s3)CC2=O)cc1. The molecule has 0 spiro atoms. The first kappa shape index (κ1) is 16.4. The van der Waals surface area contributed by atoms with Crippen LogP contribution in [-0.2, 0) is 9.59 Å². The first-order valence-corrected chi connectivity index (χ1v) is 8.65. The van der Waals surface area contributed by atoms with E-state index >= 15 is 0 Å². The summed E-state index contributed by atoms with van der Waals surface area (Å²) in [7, 11) is 0. The van der Waals surface area contributed by atoms with Crippen LogP contribution in [0.3, 0.4) is 0 Å². The van der Waals surface area contributed by atoms with Gasteiger partial charge in [-0.05, 0) is 38.1 Å². The quantitative estimate of drug-likeness (QED) is 0.904. The molecule has 0 aliphatic carbocycles. The second-order valence-electron chi connectivity index (χ2n) is 5.60. The highest BCUT2D eigenvalue weighted by Crippen LogP contribution is 2.28. The number of thiazole rings is 1. The zero-order chi connectivity index (χ0) is 17.1. The van der Waals surface area contributed by atoms with E-state index in [0.29, 0.717) is 18.3 Å². The van der Waals surface area contributed by atoms with Gasteiger partial charge in [-0.15, -0.1) is 11.3 Å². The highest BCUT2D eigenvalue weighted by Gasteiger charge is 2.35. The molecule has 126 valence electrons. The van der Waals surface area contributed by atoms with Crippen molar-refractivity contribution in [2.24, 2.45) is 5.92 Å². The van der Waals surface area contributed by atoms with Gasteiger partial charge in [0.1, 0.15) is 5.75 Å². The van der Waals surface area contributed by atoms with Gasteiger partial charge in [-0.2, -0.15) is 0 Å². The van der Waals surface area contributed by atoms with Crippen LogP contribution in [-0.4, -0.2) is 29.9 Å². The summed E-state index contributed by atoms with van der Waals surface area (Å²) in [6.45, 7) is 4.83. The Kier molecular flexibility index (Phi) is 4.80. The molecule has 0 bridgehead atoms. The number of aromatic nitrogens is 1. The Morgan fingerprint density at radius 1 is 1.42 bits per heavy atom. The van der Waals surface area contributed by atoms with Crippen molar-refractivity contribution in [2.75, 3.05) is 23.4 Å². The molecule has 2 aromatic rings. The molecule has 0 radical (unpaired) electrons. The molecule has 1 aromatic heterocycles. The summed E-state index contributed by atoms with van der Waals surface area (Å²) in [4.78, 5) is 31.4. The van der Waals surface area contributed by atoms with Crippen LogP contribution in [0, 0.1) is 12.8 Å². The van der Waals surface area contributed by atoms with Gasteiger partial charge in [0, 0.05) is 29.7 Å². The average molecular weight is 345 g/mol. The molecule has 1 saturated heterocycles. The molecule has 0 unspecified atom stereocenters. The van der Waals surface area contributed by atoms with Crippen molar-refractivity contribution < 1.29 is 14.3 Å². The number of rotatable bonds is 5. The number of benzene rings is 1. The van der Waals surface area contributed by atoms with Crippen molar-refractivity contribution in [3.63, 3.8) is 0 Å². The normalized spacial score (nSPS) is 17.2. The number of hydrogen-bond donors (Lipinski definition) is 1. The van der Waals surface area contributed by atoms with Crippen LogP contribution >= 0.6 is 11.3 Å². The fraction of sp³-hybridized carbons (Fsp3) is 0.353. The summed E-state index contributed by atoms with van der Waals surface area (Å²) in [5, 5.41) is 3.37. The third-order valence-corrected chi connectivity index (χ3v) is 4.63. The van der Waals surface area contributed by atoms with Crippen LogP contribution in [0.2, 0.25) is 0 Å². The first-order chi connectivity index (χ1) is 11.6. The average Bonchev–Trinajstić information content (AvgIpc) is 3.14. The first-order valence-electron chi connectivity index (χ1n) is 7.83. The molecule has 1 aliphatic heterocycles. The Labute approximate surface area is 144 Å². The lowest BCUT2D eigenvalue weighted by atomic mass is 10.1. The van der Waals surface area contributed by atoms with Gasteiger partial charge in [0.15, 0.2) is 5.13 Å². The van der Waals surface area contributed by atoms with Crippen molar-refractivity contribution in [1.82, 2.24) is 4.98 Å². The zero-order valence-electron chi connectivity index (χ0n) is 13.6. The third kappa shape index (κ3) is 3.56. The molecular weight excluding hydrogens is 326 g/mol. The Morgan fingerprint density at radius 2 is 2.17 bits per heavy atom. The van der Waals surface area contributed by atoms with Crippen LogP contribution in [0.15, 0.2) is 30.5 Å². The van der Waals surface area contributed by atoms with E-state index in [9.17, 15) is 9.59 Å². The fourth-order valence-electron chi connectivity index (χ4n) is 2.64. The summed E-state index contributed by atoms with van der Waals surface area (Å²) < 4.78 is 5.40. The highest BCUT2D eigenvalue weighted by atomic mass is 32.1. The topological polar surface area (TPSA) is 71.5 Å². The Balaban J connectivity index is 1.65. The summed E-state index contributed by atoms with van der Waals surface area (Å²) in [6.07, 6.45) is 1.93. The lowest BCUT2D eigenvalue weighted by molar-refractivity contribution is -0.122. The minimum Gasteiger partial charge on any atom is -0.494 e. The Bertz CT molecular complexity index is 742. The van der Waals surface area contributed by atoms with Gasteiger partial charge in [0.25, 0.3) is 0 Å². The second kappa shape index (κ2) is 7.00. The monoisotopic (exact) mass is 345 g/mol. The van der Waals surface area contributed by atoms with Gasteiger partial charge in [0.05, 0.1) is 12.5 Å². The van der Waals surface area contributed by atoms with E-state index in [-0.39, 0.29) is 24.2 Å². The standard InChI is InChI=1S/C17H19N3O3S/c1-3-23-14-6-4-13(5-7-14)20-10-12(8-15(20)21)16(22)19-17-18-9-11(2)24-17/h4-7,9,12H,3,8,10H2,1-2H3,(H,18,19,22)/t12-/m1/s1. The van der Waals surface area contributed by atoms with Crippen LogP contribution in [0.25, 0.3) is 0 Å². The van der Waals surface area contributed by atoms with Crippen molar-refractivity contribution in [1.29, 1.82) is 0 Å². The molecule has 6 nitrogen and oxygen atoms in total. The minimum absolute atomic E-state index is 0.0466. The number of ether oxygens (including phenoxy) is 1. The molecule has 2 amide bonds. The third-order valence-electron chi connectivity index (χ3n) is 3.81. The summed E-state index contributed by atoms with van der Waals surface area (Å²) in [5.74, 6) is 0.190. The van der Waals surface area contributed by atoms with Crippen LogP contribution < -0.4 is 15.0 Å². The fourth-order valence-corrected chi connectivity index (χ4v) is 3.31. The number of aryl methyl sites for hydroxylation is 1. The Hall–Kier alpha value is -2.41. The molecule has 1 fully saturated rings. The number of anilines is 2. The van der Waals surface area contributed by atoms with E-state index in [4.69, 9.17) is 4.74 Å². The van der Waals surface area contributed by atoms with E-state index in [1.807, 2.05) is 38.1 Å². The van der Waals surface area contributed by atoms with Gasteiger partial charge in [-0.1, -0.05) is 0 Å². The minimum atomic E-state index is -0.367. The number of carbonyl (C=O) groups excluding carboxylic acids is 2. The van der Waals surface area contributed by atoms with Crippen molar-refractivity contribution in [3.8, 4) is 5.75 Å². The van der Waals surface area contributed by atoms with Gasteiger partial charge in [-0.3, -0.25) is 9.59 Å². The van der Waals surface area contributed by atoms with Crippen molar-refractivity contribution >= 4 is 34.0 Å². The Morgan fingerprint density at radius 3 is 2.79 bits per heavy atom.